The third-order valence-electron chi connectivity index (χ3n) is 13.5. The number of para-hydroxylation sites is 4. The molecule has 4 aliphatic heterocycles. The van der Waals surface area contributed by atoms with Crippen LogP contribution in [0.5, 0.6) is 0 Å². The van der Waals surface area contributed by atoms with Crippen LogP contribution in [-0.2, 0) is 10.8 Å². The van der Waals surface area contributed by atoms with Gasteiger partial charge in [-0.25, -0.2) is 0 Å². The van der Waals surface area contributed by atoms with E-state index in [0.29, 0.717) is 0 Å². The van der Waals surface area contributed by atoms with Crippen LogP contribution < -0.4 is 28.8 Å². The summed E-state index contributed by atoms with van der Waals surface area (Å²) in [5.41, 5.74) is 23.5. The van der Waals surface area contributed by atoms with Crippen LogP contribution in [0, 0.1) is 27.7 Å². The summed E-state index contributed by atoms with van der Waals surface area (Å²) in [5, 5.41) is 0. The van der Waals surface area contributed by atoms with Gasteiger partial charge in [0, 0.05) is 54.6 Å². The van der Waals surface area contributed by atoms with Crippen LogP contribution in [0.2, 0.25) is 0 Å². The number of nitrogens with zero attached hydrogens (tertiary/aromatic N) is 4. The zero-order valence-corrected chi connectivity index (χ0v) is 36.7. The molecular weight excluding hydrogens is 734 g/mol. The summed E-state index contributed by atoms with van der Waals surface area (Å²) in [4.78, 5) is 10.5. The maximum atomic E-state index is 2.64. The van der Waals surface area contributed by atoms with E-state index >= 15 is 0 Å². The van der Waals surface area contributed by atoms with Crippen molar-refractivity contribution in [3.8, 4) is 22.3 Å². The molecule has 11 rings (SSSR count). The van der Waals surface area contributed by atoms with Crippen LogP contribution in [0.3, 0.4) is 0 Å². The molecular formula is C52H50B2N4S. The highest BCUT2D eigenvalue weighted by Crippen LogP contribution is 2.58. The van der Waals surface area contributed by atoms with Crippen molar-refractivity contribution in [1.29, 1.82) is 0 Å². The minimum absolute atomic E-state index is 0.0557. The second-order valence-corrected chi connectivity index (χ2v) is 20.4. The van der Waals surface area contributed by atoms with Gasteiger partial charge < -0.3 is 19.2 Å². The lowest BCUT2D eigenvalue weighted by Crippen LogP contribution is -2.55. The fraction of sp³-hybridized carbons (Fsp3) is 0.231. The third kappa shape index (κ3) is 5.16. The highest BCUT2D eigenvalue weighted by Gasteiger charge is 2.55. The molecule has 0 aliphatic carbocycles. The molecule has 0 atom stereocenters. The zero-order valence-electron chi connectivity index (χ0n) is 35.9. The van der Waals surface area contributed by atoms with E-state index in [9.17, 15) is 0 Å². The van der Waals surface area contributed by atoms with E-state index in [2.05, 4.69) is 210 Å². The number of rotatable bonds is 2. The molecule has 0 N–H and O–H groups in total. The van der Waals surface area contributed by atoms with Gasteiger partial charge in [0.05, 0.1) is 22.7 Å². The number of fused-ring (bicyclic) bond motifs is 17. The van der Waals surface area contributed by atoms with Crippen LogP contribution in [0.25, 0.3) is 22.3 Å². The summed E-state index contributed by atoms with van der Waals surface area (Å²) >= 11 is 2.02. The molecule has 59 heavy (non-hydrogen) atoms. The van der Waals surface area contributed by atoms with Gasteiger partial charge >= 0.3 is 14.0 Å². The molecule has 4 aliphatic rings. The first kappa shape index (κ1) is 36.4. The summed E-state index contributed by atoms with van der Waals surface area (Å²) < 4.78 is 2.79. The maximum Gasteiger partial charge on any atom is 0.431 e. The van der Waals surface area contributed by atoms with Gasteiger partial charge in [-0.15, -0.1) is 0 Å². The molecule has 5 heterocycles. The molecule has 0 fully saturated rings. The average Bonchev–Trinajstić information content (AvgIpc) is 3.88. The van der Waals surface area contributed by atoms with Crippen molar-refractivity contribution in [2.24, 2.45) is 0 Å². The number of hydrogen-bond donors (Lipinski definition) is 0. The van der Waals surface area contributed by atoms with Crippen molar-refractivity contribution in [2.45, 2.75) is 80.1 Å². The fourth-order valence-corrected chi connectivity index (χ4v) is 11.6. The summed E-state index contributed by atoms with van der Waals surface area (Å²) in [6.45, 7) is 22.8. The number of hydrogen-bond acceptors (Lipinski definition) is 5. The molecule has 0 radical (unpaired) electrons. The van der Waals surface area contributed by atoms with Gasteiger partial charge in [0.2, 0.25) is 0 Å². The summed E-state index contributed by atoms with van der Waals surface area (Å²) in [5.74, 6) is 0. The van der Waals surface area contributed by atoms with E-state index < -0.39 is 0 Å². The van der Waals surface area contributed by atoms with Gasteiger partial charge in [0.15, 0.2) is 0 Å². The predicted octanol–water partition coefficient (Wildman–Crippen LogP) is 12.9. The molecule has 290 valence electrons. The molecule has 0 unspecified atom stereocenters. The zero-order chi connectivity index (χ0) is 40.9. The molecule has 0 saturated carbocycles. The highest BCUT2D eigenvalue weighted by molar-refractivity contribution is 7.35. The van der Waals surface area contributed by atoms with Crippen LogP contribution >= 0.6 is 11.3 Å². The van der Waals surface area contributed by atoms with Gasteiger partial charge in [-0.05, 0) is 145 Å². The van der Waals surface area contributed by atoms with Crippen LogP contribution in [0.4, 0.5) is 45.5 Å². The Bertz CT molecular complexity index is 2690. The van der Waals surface area contributed by atoms with E-state index in [4.69, 9.17) is 0 Å². The molecule has 0 spiro atoms. The first-order chi connectivity index (χ1) is 28.2. The molecule has 1 aromatic heterocycles. The molecule has 0 saturated heterocycles. The minimum Gasteiger partial charge on any atom is -0.359 e. The molecule has 0 amide bonds. The molecule has 6 aromatic carbocycles. The Kier molecular flexibility index (Phi) is 7.68. The summed E-state index contributed by atoms with van der Waals surface area (Å²) in [6, 6.07) is 46.7. The van der Waals surface area contributed by atoms with Crippen molar-refractivity contribution in [3.05, 3.63) is 155 Å². The Morgan fingerprint density at radius 3 is 1.05 bits per heavy atom. The fourth-order valence-electron chi connectivity index (χ4n) is 10.1. The Morgan fingerprint density at radius 1 is 0.390 bits per heavy atom. The third-order valence-corrected chi connectivity index (χ3v) is 14.8. The van der Waals surface area contributed by atoms with E-state index in [-0.39, 0.29) is 24.8 Å². The number of benzene rings is 6. The first-order valence-corrected chi connectivity index (χ1v) is 22.0. The van der Waals surface area contributed by atoms with E-state index in [0.717, 1.165) is 0 Å². The van der Waals surface area contributed by atoms with E-state index in [1.807, 2.05) is 11.3 Å². The van der Waals surface area contributed by atoms with E-state index in [1.165, 1.54) is 111 Å². The lowest BCUT2D eigenvalue weighted by Gasteiger charge is -2.37. The Hall–Kier alpha value is -5.65. The lowest BCUT2D eigenvalue weighted by atomic mass is 9.60. The highest BCUT2D eigenvalue weighted by atomic mass is 32.1. The van der Waals surface area contributed by atoms with Gasteiger partial charge in [-0.1, -0.05) is 90.1 Å². The first-order valence-electron chi connectivity index (χ1n) is 21.2. The molecule has 4 nitrogen and oxygen atoms in total. The molecule has 7 aromatic rings. The monoisotopic (exact) mass is 784 g/mol. The van der Waals surface area contributed by atoms with Crippen molar-refractivity contribution < 1.29 is 0 Å². The SMILES string of the molecule is Cc1cc2c(cc1C)N1B(c3sc4c(c3-2)-c2cc(C)c(C)cc2N2B4N(c3ccc(C(C)(C)C)cc3)c3ccccc32)N(c2ccc(C(C)(C)C)cc2)c2ccccc21. The lowest BCUT2D eigenvalue weighted by molar-refractivity contribution is 0.590. The van der Waals surface area contributed by atoms with Crippen molar-refractivity contribution >= 4 is 80.4 Å². The van der Waals surface area contributed by atoms with Crippen molar-refractivity contribution in [1.82, 2.24) is 0 Å². The standard InChI is InChI=1S/C52H50B2N4S/c1-31-27-39-45(29-33(31)3)57-43-17-13-11-15-41(43)55(37-23-19-35(20-24-37)51(5,6)7)53(57)49-47(39)48-40-28-32(2)34(4)30-46(40)58-44-18-14-12-16-42(44)56(54(58)50(48)59-49)38-25-21-36(22-26-38)52(8,9)10/h11-30H,1-10H3. The largest absolute Gasteiger partial charge is 0.431 e. The van der Waals surface area contributed by atoms with Gasteiger partial charge in [-0.3, -0.25) is 0 Å². The van der Waals surface area contributed by atoms with Gasteiger partial charge in [-0.2, -0.15) is 11.3 Å². The normalized spacial score (nSPS) is 14.7. The number of anilines is 8. The topological polar surface area (TPSA) is 13.0 Å². The van der Waals surface area contributed by atoms with E-state index in [1.54, 1.807) is 0 Å². The Morgan fingerprint density at radius 2 is 0.712 bits per heavy atom. The van der Waals surface area contributed by atoms with Crippen LogP contribution in [-0.4, -0.2) is 14.0 Å². The minimum atomic E-state index is -0.0557. The molecule has 7 heteroatoms. The van der Waals surface area contributed by atoms with Crippen LogP contribution in [0.1, 0.15) is 74.9 Å². The quantitative estimate of drug-likeness (QED) is 0.162. The van der Waals surface area contributed by atoms with Gasteiger partial charge in [0.1, 0.15) is 0 Å². The maximum absolute atomic E-state index is 2.64. The second kappa shape index (κ2) is 12.4. The Balaban J connectivity index is 1.22. The van der Waals surface area contributed by atoms with Crippen molar-refractivity contribution in [2.75, 3.05) is 19.2 Å². The second-order valence-electron chi connectivity index (χ2n) is 19.3. The summed E-state index contributed by atoms with van der Waals surface area (Å²) in [7, 11) is 0. The number of thiophene rings is 1. The van der Waals surface area contributed by atoms with Crippen molar-refractivity contribution in [3.63, 3.8) is 0 Å². The number of aryl methyl sites for hydroxylation is 4. The summed E-state index contributed by atoms with van der Waals surface area (Å²) in [6.07, 6.45) is 0. The van der Waals surface area contributed by atoms with Gasteiger partial charge in [0.25, 0.3) is 0 Å². The molecule has 0 bridgehead atoms. The Labute approximate surface area is 355 Å². The average molecular weight is 785 g/mol. The smallest absolute Gasteiger partial charge is 0.359 e. The predicted molar refractivity (Wildman–Crippen MR) is 257 cm³/mol. The van der Waals surface area contributed by atoms with Crippen LogP contribution in [0.15, 0.2) is 121 Å².